The van der Waals surface area contributed by atoms with Crippen molar-refractivity contribution in [3.8, 4) is 0 Å². The molecule has 0 unspecified atom stereocenters. The maximum atomic E-state index is 14.2. The van der Waals surface area contributed by atoms with Crippen LogP contribution in [0.3, 0.4) is 0 Å². The Morgan fingerprint density at radius 1 is 0.955 bits per heavy atom. The molecule has 0 saturated carbocycles. The molecule has 0 bridgehead atoms. The first kappa shape index (κ1) is 34.0. The van der Waals surface area contributed by atoms with Gasteiger partial charge in [-0.1, -0.05) is 27.7 Å². The number of aromatic nitrogens is 3. The van der Waals surface area contributed by atoms with Gasteiger partial charge in [0.05, 0.1) is 5.76 Å². The monoisotopic (exact) mass is 833 g/mol. The van der Waals surface area contributed by atoms with Crippen molar-refractivity contribution >= 4 is 72.6 Å². The fraction of sp³-hybridized carbons (Fsp3) is 0.361. The van der Waals surface area contributed by atoms with Gasteiger partial charge in [-0.25, -0.2) is 0 Å². The van der Waals surface area contributed by atoms with Crippen LogP contribution in [0.5, 0.6) is 0 Å². The predicted molar refractivity (Wildman–Crippen MR) is 180 cm³/mol. The van der Waals surface area contributed by atoms with Gasteiger partial charge in [-0.3, -0.25) is 4.79 Å². The smallest absolute Gasteiger partial charge is 0 e. The van der Waals surface area contributed by atoms with Crippen molar-refractivity contribution in [2.24, 2.45) is 11.8 Å². The molecule has 1 radical (unpaired) electrons. The number of hydrogen-bond acceptors (Lipinski definition) is 4. The summed E-state index contributed by atoms with van der Waals surface area (Å²) in [4.78, 5) is 20.9. The van der Waals surface area contributed by atoms with Crippen LogP contribution in [0.25, 0.3) is 49.1 Å². The quantitative estimate of drug-likeness (QED) is 0.0415. The molecule has 233 valence electrons. The number of carbonyl (C=O) groups is 1. The van der Waals surface area contributed by atoms with Crippen molar-refractivity contribution < 1.29 is 34.4 Å². The van der Waals surface area contributed by atoms with E-state index in [2.05, 4.69) is 55.9 Å². The minimum absolute atomic E-state index is 0. The number of halogens is 1. The van der Waals surface area contributed by atoms with Gasteiger partial charge < -0.3 is 5.11 Å². The van der Waals surface area contributed by atoms with Gasteiger partial charge >= 0.3 is 163 Å². The minimum atomic E-state index is -2.12. The molecule has 0 fully saturated rings. The average molecular weight is 832 g/mol. The van der Waals surface area contributed by atoms with Crippen molar-refractivity contribution in [2.75, 3.05) is 0 Å². The van der Waals surface area contributed by atoms with Crippen LogP contribution in [0.4, 0.5) is 4.39 Å². The average Bonchev–Trinajstić information content (AvgIpc) is 3.31. The Labute approximate surface area is 275 Å². The Hall–Kier alpha value is -2.87. The number of hydrogen-bond donors (Lipinski definition) is 1. The predicted octanol–water partition coefficient (Wildman–Crippen LogP) is 9.13. The summed E-state index contributed by atoms with van der Waals surface area (Å²) in [6, 6.07) is 16.9. The molecule has 0 aliphatic rings. The number of carbonyl (C=O) groups excluding carboxylic acids is 1. The second-order valence-electron chi connectivity index (χ2n) is 12.5. The van der Waals surface area contributed by atoms with E-state index >= 15 is 0 Å². The third kappa shape index (κ3) is 6.16. The van der Waals surface area contributed by atoms with E-state index < -0.39 is 13.3 Å². The third-order valence-electron chi connectivity index (χ3n) is 8.83. The summed E-state index contributed by atoms with van der Waals surface area (Å²) in [6.07, 6.45) is 6.55. The number of pyridine rings is 1. The van der Waals surface area contributed by atoms with Crippen LogP contribution in [-0.2, 0) is 24.9 Å². The molecular weight excluding hydrogens is 790 g/mol. The van der Waals surface area contributed by atoms with E-state index in [0.717, 1.165) is 74.8 Å². The zero-order valence-corrected chi connectivity index (χ0v) is 31.1. The molecule has 0 aliphatic carbocycles. The molecular formula is C36H41FGeIrN3O2-. The van der Waals surface area contributed by atoms with Crippen LogP contribution in [-0.4, -0.2) is 38.5 Å². The van der Waals surface area contributed by atoms with Crippen LogP contribution in [0.15, 0.2) is 60.6 Å². The van der Waals surface area contributed by atoms with E-state index in [4.69, 9.17) is 0 Å². The molecule has 0 atom stereocenters. The van der Waals surface area contributed by atoms with Gasteiger partial charge in [0, 0.05) is 38.0 Å². The number of aliphatic hydroxyl groups is 1. The van der Waals surface area contributed by atoms with Gasteiger partial charge in [0.1, 0.15) is 0 Å². The Bertz CT molecular complexity index is 1970. The Balaban J connectivity index is 0.000000239. The van der Waals surface area contributed by atoms with E-state index in [0.29, 0.717) is 0 Å². The molecule has 3 aromatic heterocycles. The topological polar surface area (TPSA) is 67.5 Å². The number of benzene rings is 3. The number of allylic oxidation sites excluding steroid dienone is 2. The Morgan fingerprint density at radius 3 is 2.27 bits per heavy atom. The summed E-state index contributed by atoms with van der Waals surface area (Å²) in [5.74, 6) is 7.45. The van der Waals surface area contributed by atoms with Gasteiger partial charge in [0.25, 0.3) is 0 Å². The summed E-state index contributed by atoms with van der Waals surface area (Å²) in [5, 5.41) is 13.9. The van der Waals surface area contributed by atoms with Crippen molar-refractivity contribution in [1.29, 1.82) is 0 Å². The van der Waals surface area contributed by atoms with E-state index in [9.17, 15) is 14.3 Å². The molecule has 5 nitrogen and oxygen atoms in total. The fourth-order valence-corrected chi connectivity index (χ4v) is 8.55. The molecule has 44 heavy (non-hydrogen) atoms. The molecule has 6 rings (SSSR count). The van der Waals surface area contributed by atoms with Gasteiger partial charge in [-0.2, -0.15) is 0 Å². The van der Waals surface area contributed by atoms with E-state index in [1.54, 1.807) is 12.4 Å². The molecule has 3 aromatic carbocycles. The van der Waals surface area contributed by atoms with Gasteiger partial charge in [-0.05, 0) is 25.7 Å². The first-order valence-electron chi connectivity index (χ1n) is 15.4. The Kier molecular flexibility index (Phi) is 10.5. The fourth-order valence-electron chi connectivity index (χ4n) is 6.16. The summed E-state index contributed by atoms with van der Waals surface area (Å²) in [6.45, 7) is 8.07. The van der Waals surface area contributed by atoms with Gasteiger partial charge in [0.2, 0.25) is 0 Å². The number of aliphatic hydroxyl groups excluding tert-OH is 1. The zero-order chi connectivity index (χ0) is 31.1. The Morgan fingerprint density at radius 2 is 1.64 bits per heavy atom. The zero-order valence-electron chi connectivity index (χ0n) is 26.6. The molecule has 1 N–H and O–H groups in total. The van der Waals surface area contributed by atoms with E-state index in [-0.39, 0.29) is 49.3 Å². The number of nitrogens with zero attached hydrogens (tertiary/aromatic N) is 3. The number of ketones is 1. The molecule has 3 heterocycles. The maximum Gasteiger partial charge on any atom is 0 e. The van der Waals surface area contributed by atoms with Crippen LogP contribution in [0.1, 0.15) is 53.4 Å². The van der Waals surface area contributed by atoms with E-state index in [1.807, 2.05) is 39.8 Å². The molecule has 6 aromatic rings. The van der Waals surface area contributed by atoms with Crippen molar-refractivity contribution in [2.45, 2.75) is 70.6 Å². The largest absolute Gasteiger partial charge is 0 e. The normalized spacial score (nSPS) is 12.5. The molecule has 0 aliphatic heterocycles. The second kappa shape index (κ2) is 13.6. The molecule has 8 heteroatoms. The van der Waals surface area contributed by atoms with Crippen molar-refractivity contribution in [3.63, 3.8) is 0 Å². The SMILES string of the molecule is CCC(CC)C(=O)/C=C(\O)C(CC)CC.[CH3][Ge]([CH3])([CH3])[c]1cc2ncnc3c4[c-]ccc5c6ccc(F)cc6n(c(c1)c23)c45.[Ir]. The number of rotatable bonds is 8. The van der Waals surface area contributed by atoms with Crippen LogP contribution in [0.2, 0.25) is 17.3 Å². The molecule has 0 spiro atoms. The first-order chi connectivity index (χ1) is 20.5. The first-order valence-corrected chi connectivity index (χ1v) is 22.8. The minimum Gasteiger partial charge on any atom is 0 e. The third-order valence-corrected chi connectivity index (χ3v) is 13.1. The maximum absolute atomic E-state index is 14.2. The second-order valence-corrected chi connectivity index (χ2v) is 23.1. The van der Waals surface area contributed by atoms with Crippen molar-refractivity contribution in [3.05, 3.63) is 72.5 Å². The van der Waals surface area contributed by atoms with Crippen molar-refractivity contribution in [1.82, 2.24) is 14.4 Å². The van der Waals surface area contributed by atoms with Gasteiger partial charge in [-0.15, -0.1) is 0 Å². The van der Waals surface area contributed by atoms with Crippen LogP contribution >= 0.6 is 0 Å². The summed E-state index contributed by atoms with van der Waals surface area (Å²) < 4.78 is 17.8. The van der Waals surface area contributed by atoms with E-state index in [1.165, 1.54) is 16.5 Å². The summed E-state index contributed by atoms with van der Waals surface area (Å²) >= 11 is -2.12. The van der Waals surface area contributed by atoms with Gasteiger partial charge in [0.15, 0.2) is 5.78 Å². The number of fused-ring (bicyclic) bond motifs is 5. The molecule has 0 saturated heterocycles. The van der Waals surface area contributed by atoms with Crippen LogP contribution < -0.4 is 4.40 Å². The van der Waals surface area contributed by atoms with Crippen LogP contribution in [0, 0.1) is 23.7 Å². The standard InChI is InChI=1S/C23H17FGeN3.C13H24O2.Ir/c1-25(2,3)14-10-18-21-20(11-14)28-19-9-13(24)7-8-15(19)16-5-4-6-17(23(16)28)22(21)27-12-26-18;1-5-10(6-2)12(14)9-13(15)11(7-3)8-4;/h4-5,7-12H,1-3H3;9-11,14H,5-8H2,1-4H3;/q-1;;/b;12-9-;. The molecule has 0 amide bonds. The summed E-state index contributed by atoms with van der Waals surface area (Å²) in [7, 11) is 0. The summed E-state index contributed by atoms with van der Waals surface area (Å²) in [5.41, 5.74) is 4.85.